The van der Waals surface area contributed by atoms with Gasteiger partial charge in [0.2, 0.25) is 0 Å². The van der Waals surface area contributed by atoms with E-state index in [0.717, 1.165) is 26.1 Å². The maximum Gasteiger partial charge on any atom is 0.333 e. The average Bonchev–Trinajstić information content (AvgIpc) is 2.24. The highest BCUT2D eigenvalue weighted by Crippen LogP contribution is 2.58. The van der Waals surface area contributed by atoms with Gasteiger partial charge in [-0.2, -0.15) is 0 Å². The van der Waals surface area contributed by atoms with Crippen LogP contribution in [0.1, 0.15) is 26.7 Å². The minimum absolute atomic E-state index is 0.0466. The van der Waals surface area contributed by atoms with Gasteiger partial charge in [-0.15, -0.1) is 0 Å². The molecule has 2 heterocycles. The third-order valence-electron chi connectivity index (χ3n) is 3.29. The van der Waals surface area contributed by atoms with Crippen molar-refractivity contribution in [1.29, 1.82) is 0 Å². The second-order valence-electron chi connectivity index (χ2n) is 4.79. The number of rotatable bonds is 1. The van der Waals surface area contributed by atoms with Gasteiger partial charge in [0, 0.05) is 18.6 Å². The van der Waals surface area contributed by atoms with Gasteiger partial charge in [-0.1, -0.05) is 13.8 Å². The van der Waals surface area contributed by atoms with E-state index in [2.05, 4.69) is 0 Å². The fourth-order valence-electron chi connectivity index (χ4n) is 1.92. The van der Waals surface area contributed by atoms with E-state index in [1.807, 2.05) is 13.8 Å². The van der Waals surface area contributed by atoms with Crippen LogP contribution in [0.15, 0.2) is 0 Å². The van der Waals surface area contributed by atoms with E-state index in [1.54, 1.807) is 0 Å². The molecule has 0 unspecified atom stereocenters. The second-order valence-corrected chi connectivity index (χ2v) is 7.42. The van der Waals surface area contributed by atoms with Crippen LogP contribution < -0.4 is 0 Å². The Balaban J connectivity index is 1.99. The fraction of sp³-hybridized carbons (Fsp3) is 1.00. The Morgan fingerprint density at radius 3 is 2.13 bits per heavy atom. The molecule has 88 valence electrons. The molecule has 0 N–H and O–H groups in total. The molecular weight excluding hydrogens is 215 g/mol. The van der Waals surface area contributed by atoms with Gasteiger partial charge in [0.15, 0.2) is 0 Å². The zero-order valence-corrected chi connectivity index (χ0v) is 10.3. The maximum atomic E-state index is 12.1. The molecule has 0 bridgehead atoms. The molecule has 2 rings (SSSR count). The predicted molar refractivity (Wildman–Crippen MR) is 57.1 cm³/mol. The number of ether oxygens (including phenoxy) is 1. The highest BCUT2D eigenvalue weighted by atomic mass is 31.2. The summed E-state index contributed by atoms with van der Waals surface area (Å²) in [6.45, 7) is 6.40. The zero-order chi connectivity index (χ0) is 10.9. The summed E-state index contributed by atoms with van der Waals surface area (Å²) in [7, 11) is -2.82. The van der Waals surface area contributed by atoms with Crippen molar-refractivity contribution < 1.29 is 18.3 Å². The molecule has 0 aliphatic carbocycles. The van der Waals surface area contributed by atoms with Crippen LogP contribution in [-0.4, -0.2) is 32.1 Å². The molecule has 15 heavy (non-hydrogen) atoms. The molecule has 0 radical (unpaired) electrons. The summed E-state index contributed by atoms with van der Waals surface area (Å²) in [5, 5.41) is 0. The predicted octanol–water partition coefficient (Wildman–Crippen LogP) is 2.43. The van der Waals surface area contributed by atoms with E-state index in [4.69, 9.17) is 13.8 Å². The molecule has 4 nitrogen and oxygen atoms in total. The maximum absolute atomic E-state index is 12.1. The van der Waals surface area contributed by atoms with Gasteiger partial charge in [0.05, 0.1) is 18.9 Å². The first-order valence-electron chi connectivity index (χ1n) is 5.53. The van der Waals surface area contributed by atoms with E-state index in [0.29, 0.717) is 13.2 Å². The quantitative estimate of drug-likeness (QED) is 0.653. The van der Waals surface area contributed by atoms with Crippen molar-refractivity contribution in [3.8, 4) is 0 Å². The molecule has 5 heteroatoms. The summed E-state index contributed by atoms with van der Waals surface area (Å²) in [6, 6.07) is 0. The highest BCUT2D eigenvalue weighted by molar-refractivity contribution is 7.54. The number of hydrogen-bond acceptors (Lipinski definition) is 4. The first-order chi connectivity index (χ1) is 7.06. The van der Waals surface area contributed by atoms with Gasteiger partial charge >= 0.3 is 7.60 Å². The van der Waals surface area contributed by atoms with E-state index in [1.165, 1.54) is 0 Å². The standard InChI is InChI=1S/C10H19O4P/c1-9(2)15(11)13-7-10(8-14-15)3-5-12-6-4-10/h9H,3-8H2,1-2H3. The van der Waals surface area contributed by atoms with Crippen molar-refractivity contribution in [2.75, 3.05) is 26.4 Å². The Morgan fingerprint density at radius 2 is 1.67 bits per heavy atom. The van der Waals surface area contributed by atoms with Crippen molar-refractivity contribution in [2.45, 2.75) is 32.3 Å². The van der Waals surface area contributed by atoms with Crippen LogP contribution in [0.2, 0.25) is 0 Å². The van der Waals surface area contributed by atoms with Crippen molar-refractivity contribution >= 4 is 7.60 Å². The summed E-state index contributed by atoms with van der Waals surface area (Å²) in [5.41, 5.74) is 0.0100. The molecule has 0 atom stereocenters. The molecule has 2 aliphatic heterocycles. The Labute approximate surface area is 90.8 Å². The molecule has 0 amide bonds. The normalized spacial score (nSPS) is 29.5. The molecule has 0 aromatic heterocycles. The Bertz CT molecular complexity index is 257. The van der Waals surface area contributed by atoms with E-state index in [-0.39, 0.29) is 11.1 Å². The largest absolute Gasteiger partial charge is 0.381 e. The highest BCUT2D eigenvalue weighted by Gasteiger charge is 2.44. The van der Waals surface area contributed by atoms with Crippen LogP contribution in [0.25, 0.3) is 0 Å². The Morgan fingerprint density at radius 1 is 1.13 bits per heavy atom. The van der Waals surface area contributed by atoms with E-state index < -0.39 is 7.60 Å². The molecule has 0 aromatic rings. The molecule has 2 aliphatic rings. The first-order valence-corrected chi connectivity index (χ1v) is 7.14. The second kappa shape index (κ2) is 4.17. The van der Waals surface area contributed by atoms with Gasteiger partial charge in [-0.05, 0) is 12.8 Å². The Kier molecular flexibility index (Phi) is 3.22. The summed E-state index contributed by atoms with van der Waals surface area (Å²) in [5.74, 6) is 0. The summed E-state index contributed by atoms with van der Waals surface area (Å²) >= 11 is 0. The van der Waals surface area contributed by atoms with Gasteiger partial charge in [0.1, 0.15) is 0 Å². The molecule has 0 aromatic carbocycles. The van der Waals surface area contributed by atoms with Crippen LogP contribution >= 0.6 is 7.60 Å². The fourth-order valence-corrected chi connectivity index (χ4v) is 3.50. The lowest BCUT2D eigenvalue weighted by Crippen LogP contribution is -2.41. The smallest absolute Gasteiger partial charge is 0.333 e. The van der Waals surface area contributed by atoms with Crippen LogP contribution in [-0.2, 0) is 18.3 Å². The lowest BCUT2D eigenvalue weighted by molar-refractivity contribution is -0.0617. The first kappa shape index (κ1) is 11.6. The Hall–Kier alpha value is 0.110. The van der Waals surface area contributed by atoms with Crippen molar-refractivity contribution in [2.24, 2.45) is 5.41 Å². The molecule has 0 saturated carbocycles. The van der Waals surface area contributed by atoms with Crippen LogP contribution in [0.4, 0.5) is 0 Å². The van der Waals surface area contributed by atoms with E-state index in [9.17, 15) is 4.57 Å². The van der Waals surface area contributed by atoms with Gasteiger partial charge < -0.3 is 13.8 Å². The molecule has 2 fully saturated rings. The molecule has 1 spiro atoms. The summed E-state index contributed by atoms with van der Waals surface area (Å²) in [4.78, 5) is 0. The van der Waals surface area contributed by atoms with Crippen LogP contribution in [0, 0.1) is 5.41 Å². The minimum atomic E-state index is -2.82. The van der Waals surface area contributed by atoms with Crippen molar-refractivity contribution in [3.63, 3.8) is 0 Å². The third kappa shape index (κ3) is 2.28. The van der Waals surface area contributed by atoms with Gasteiger partial charge in [0.25, 0.3) is 0 Å². The zero-order valence-electron chi connectivity index (χ0n) is 9.40. The van der Waals surface area contributed by atoms with Gasteiger partial charge in [-0.3, -0.25) is 4.57 Å². The lowest BCUT2D eigenvalue weighted by Gasteiger charge is -2.42. The van der Waals surface area contributed by atoms with Crippen molar-refractivity contribution in [3.05, 3.63) is 0 Å². The SMILES string of the molecule is CC(C)P1(=O)OCC2(CCOCC2)CO1. The monoisotopic (exact) mass is 234 g/mol. The molecule has 2 saturated heterocycles. The topological polar surface area (TPSA) is 44.8 Å². The van der Waals surface area contributed by atoms with Gasteiger partial charge in [-0.25, -0.2) is 0 Å². The van der Waals surface area contributed by atoms with E-state index >= 15 is 0 Å². The average molecular weight is 234 g/mol. The van der Waals surface area contributed by atoms with Crippen LogP contribution in [0.3, 0.4) is 0 Å². The van der Waals surface area contributed by atoms with Crippen LogP contribution in [0.5, 0.6) is 0 Å². The third-order valence-corrected chi connectivity index (χ3v) is 5.53. The summed E-state index contributed by atoms with van der Waals surface area (Å²) < 4.78 is 28.4. The molecular formula is C10H19O4P. The minimum Gasteiger partial charge on any atom is -0.381 e. The summed E-state index contributed by atoms with van der Waals surface area (Å²) in [6.07, 6.45) is 1.90. The van der Waals surface area contributed by atoms with Crippen molar-refractivity contribution in [1.82, 2.24) is 0 Å². The number of hydrogen-bond donors (Lipinski definition) is 0. The lowest BCUT2D eigenvalue weighted by atomic mass is 9.82.